The Hall–Kier alpha value is -1.89. The normalized spacial score (nSPS) is 9.88. The smallest absolute Gasteiger partial charge is 0.276 e. The van der Waals surface area contributed by atoms with Crippen LogP contribution in [0.3, 0.4) is 0 Å². The van der Waals surface area contributed by atoms with Crippen LogP contribution in [0.5, 0.6) is 0 Å². The molecule has 3 N–H and O–H groups in total. The van der Waals surface area contributed by atoms with E-state index in [0.29, 0.717) is 24.7 Å². The van der Waals surface area contributed by atoms with Gasteiger partial charge in [-0.1, -0.05) is 0 Å². The van der Waals surface area contributed by atoms with Crippen molar-refractivity contribution in [3.05, 3.63) is 22.2 Å². The summed E-state index contributed by atoms with van der Waals surface area (Å²) >= 11 is 0. The van der Waals surface area contributed by atoms with Gasteiger partial charge in [-0.3, -0.25) is 10.1 Å². The van der Waals surface area contributed by atoms with Crippen LogP contribution in [-0.4, -0.2) is 34.7 Å². The lowest BCUT2D eigenvalue weighted by Crippen LogP contribution is -2.09. The minimum Gasteiger partial charge on any atom is -0.395 e. The van der Waals surface area contributed by atoms with E-state index in [1.165, 1.54) is 12.1 Å². The van der Waals surface area contributed by atoms with Crippen LogP contribution in [0.1, 0.15) is 6.92 Å². The third-order valence-corrected chi connectivity index (χ3v) is 1.80. The lowest BCUT2D eigenvalue weighted by Gasteiger charge is -2.07. The van der Waals surface area contributed by atoms with E-state index in [2.05, 4.69) is 15.6 Å². The number of nitrogens with one attached hydrogen (secondary N) is 2. The van der Waals surface area contributed by atoms with E-state index in [-0.39, 0.29) is 12.3 Å². The van der Waals surface area contributed by atoms with Gasteiger partial charge in [-0.15, -0.1) is 0 Å². The van der Waals surface area contributed by atoms with Gasteiger partial charge >= 0.3 is 0 Å². The summed E-state index contributed by atoms with van der Waals surface area (Å²) in [6, 6.07) is 2.70. The molecule has 0 fully saturated rings. The van der Waals surface area contributed by atoms with Crippen LogP contribution >= 0.6 is 0 Å². The molecule has 0 unspecified atom stereocenters. The fourth-order valence-corrected chi connectivity index (χ4v) is 1.17. The molecule has 7 nitrogen and oxygen atoms in total. The quantitative estimate of drug-likeness (QED) is 0.490. The number of hydrogen-bond acceptors (Lipinski definition) is 6. The van der Waals surface area contributed by atoms with Gasteiger partial charge in [-0.2, -0.15) is 0 Å². The number of nitro groups is 1. The first-order chi connectivity index (χ1) is 7.67. The molecule has 0 amide bonds. The molecule has 0 aliphatic rings. The average Bonchev–Trinajstić information content (AvgIpc) is 2.26. The van der Waals surface area contributed by atoms with E-state index < -0.39 is 4.92 Å². The predicted octanol–water partition coefficient (Wildman–Crippen LogP) is 0.826. The fourth-order valence-electron chi connectivity index (χ4n) is 1.17. The van der Waals surface area contributed by atoms with Crippen molar-refractivity contribution in [2.24, 2.45) is 0 Å². The Morgan fingerprint density at radius 2 is 2.06 bits per heavy atom. The highest BCUT2D eigenvalue weighted by Gasteiger charge is 2.10. The molecule has 0 aliphatic carbocycles. The summed E-state index contributed by atoms with van der Waals surface area (Å²) in [5.41, 5.74) is -0.0358. The zero-order valence-corrected chi connectivity index (χ0v) is 8.93. The van der Waals surface area contributed by atoms with Crippen LogP contribution in [-0.2, 0) is 0 Å². The van der Waals surface area contributed by atoms with Crippen molar-refractivity contribution in [2.45, 2.75) is 6.92 Å². The van der Waals surface area contributed by atoms with Crippen LogP contribution in [0.15, 0.2) is 12.1 Å². The number of nitrogens with zero attached hydrogens (tertiary/aromatic N) is 2. The number of aliphatic hydroxyl groups excluding tert-OH is 1. The van der Waals surface area contributed by atoms with Crippen molar-refractivity contribution >= 4 is 17.3 Å². The van der Waals surface area contributed by atoms with E-state index in [0.717, 1.165) is 0 Å². The molecule has 0 spiro atoms. The average molecular weight is 226 g/mol. The lowest BCUT2D eigenvalue weighted by atomic mass is 10.3. The van der Waals surface area contributed by atoms with Gasteiger partial charge in [0.25, 0.3) is 5.69 Å². The molecule has 0 bridgehead atoms. The van der Waals surface area contributed by atoms with Crippen molar-refractivity contribution in [3.8, 4) is 0 Å². The van der Waals surface area contributed by atoms with Crippen LogP contribution in [0.4, 0.5) is 17.3 Å². The number of rotatable bonds is 6. The van der Waals surface area contributed by atoms with Crippen LogP contribution in [0.25, 0.3) is 0 Å². The molecular weight excluding hydrogens is 212 g/mol. The Morgan fingerprint density at radius 1 is 1.44 bits per heavy atom. The minimum atomic E-state index is -0.480. The summed E-state index contributed by atoms with van der Waals surface area (Å²) in [7, 11) is 0. The molecule has 1 aromatic rings. The first kappa shape index (κ1) is 12.2. The monoisotopic (exact) mass is 226 g/mol. The van der Waals surface area contributed by atoms with Gasteiger partial charge in [-0.05, 0) is 6.92 Å². The fraction of sp³-hybridized carbons (Fsp3) is 0.444. The van der Waals surface area contributed by atoms with Crippen LogP contribution < -0.4 is 10.6 Å². The molecule has 7 heteroatoms. The van der Waals surface area contributed by atoms with Gasteiger partial charge in [0, 0.05) is 13.1 Å². The molecule has 0 aliphatic heterocycles. The Morgan fingerprint density at radius 3 is 2.56 bits per heavy atom. The van der Waals surface area contributed by atoms with E-state index in [9.17, 15) is 10.1 Å². The van der Waals surface area contributed by atoms with Gasteiger partial charge in [-0.25, -0.2) is 4.98 Å². The number of hydrogen-bond donors (Lipinski definition) is 3. The Kier molecular flexibility index (Phi) is 4.46. The third-order valence-electron chi connectivity index (χ3n) is 1.80. The highest BCUT2D eigenvalue weighted by molar-refractivity contribution is 5.54. The van der Waals surface area contributed by atoms with Gasteiger partial charge in [0.15, 0.2) is 0 Å². The first-order valence-corrected chi connectivity index (χ1v) is 4.92. The summed E-state index contributed by atoms with van der Waals surface area (Å²) in [4.78, 5) is 14.3. The predicted molar refractivity (Wildman–Crippen MR) is 60.6 cm³/mol. The number of pyridine rings is 1. The Labute approximate surface area is 92.7 Å². The van der Waals surface area contributed by atoms with Crippen LogP contribution in [0.2, 0.25) is 0 Å². The SMILES string of the molecule is CCNc1cc([N+](=O)[O-])cc(NCCO)n1. The Balaban J connectivity index is 2.93. The van der Waals surface area contributed by atoms with Gasteiger partial charge < -0.3 is 15.7 Å². The van der Waals surface area contributed by atoms with Crippen LogP contribution in [0, 0.1) is 10.1 Å². The van der Waals surface area contributed by atoms with Gasteiger partial charge in [0.05, 0.1) is 23.7 Å². The van der Waals surface area contributed by atoms with Gasteiger partial charge in [0.2, 0.25) is 0 Å². The first-order valence-electron chi connectivity index (χ1n) is 4.92. The summed E-state index contributed by atoms with van der Waals surface area (Å²) < 4.78 is 0. The molecule has 1 aromatic heterocycles. The molecule has 0 atom stereocenters. The summed E-state index contributed by atoms with van der Waals surface area (Å²) in [5.74, 6) is 0.816. The molecule has 88 valence electrons. The third kappa shape index (κ3) is 3.35. The van der Waals surface area contributed by atoms with E-state index in [1.807, 2.05) is 6.92 Å². The Bertz CT molecular complexity index is 370. The van der Waals surface area contributed by atoms with E-state index >= 15 is 0 Å². The molecule has 1 rings (SSSR count). The zero-order valence-electron chi connectivity index (χ0n) is 8.93. The zero-order chi connectivity index (χ0) is 12.0. The van der Waals surface area contributed by atoms with Crippen molar-refractivity contribution < 1.29 is 10.0 Å². The second-order valence-electron chi connectivity index (χ2n) is 3.03. The summed E-state index contributed by atoms with van der Waals surface area (Å²) in [6.07, 6.45) is 0. The minimum absolute atomic E-state index is 0.0358. The standard InChI is InChI=1S/C9H14N4O3/c1-2-10-8-5-7(13(15)16)6-9(12-8)11-3-4-14/h5-6,14H,2-4H2,1H3,(H2,10,11,12). The highest BCUT2D eigenvalue weighted by Crippen LogP contribution is 2.20. The molecule has 0 aromatic carbocycles. The summed E-state index contributed by atoms with van der Waals surface area (Å²) in [6.45, 7) is 2.76. The maximum atomic E-state index is 10.7. The molecule has 0 saturated heterocycles. The maximum absolute atomic E-state index is 10.7. The van der Waals surface area contributed by atoms with E-state index in [1.54, 1.807) is 0 Å². The molecular formula is C9H14N4O3. The maximum Gasteiger partial charge on any atom is 0.276 e. The molecule has 0 saturated carbocycles. The highest BCUT2D eigenvalue weighted by atomic mass is 16.6. The second kappa shape index (κ2) is 5.86. The number of aliphatic hydroxyl groups is 1. The lowest BCUT2D eigenvalue weighted by molar-refractivity contribution is -0.384. The molecule has 0 radical (unpaired) electrons. The molecule has 1 heterocycles. The largest absolute Gasteiger partial charge is 0.395 e. The second-order valence-corrected chi connectivity index (χ2v) is 3.03. The van der Waals surface area contributed by atoms with E-state index in [4.69, 9.17) is 5.11 Å². The topological polar surface area (TPSA) is 100 Å². The summed E-state index contributed by atoms with van der Waals surface area (Å²) in [5, 5.41) is 25.0. The molecule has 16 heavy (non-hydrogen) atoms. The van der Waals surface area contributed by atoms with Crippen molar-refractivity contribution in [1.82, 2.24) is 4.98 Å². The van der Waals surface area contributed by atoms with Crippen molar-refractivity contribution in [3.63, 3.8) is 0 Å². The van der Waals surface area contributed by atoms with Crippen molar-refractivity contribution in [2.75, 3.05) is 30.3 Å². The number of aromatic nitrogens is 1. The number of anilines is 2. The van der Waals surface area contributed by atoms with Gasteiger partial charge in [0.1, 0.15) is 11.6 Å². The van der Waals surface area contributed by atoms with Crippen molar-refractivity contribution in [1.29, 1.82) is 0 Å².